The van der Waals surface area contributed by atoms with Gasteiger partial charge in [0.1, 0.15) is 11.7 Å². The Balaban J connectivity index is 1.69. The number of hydrogen-bond acceptors (Lipinski definition) is 6. The van der Waals surface area contributed by atoms with Gasteiger partial charge in [0.15, 0.2) is 11.8 Å². The normalized spacial score (nSPS) is 21.5. The molecule has 1 aromatic rings. The molecule has 1 aliphatic carbocycles. The molecule has 1 amide bonds. The van der Waals surface area contributed by atoms with Crippen molar-refractivity contribution in [2.75, 3.05) is 19.6 Å². The Morgan fingerprint density at radius 1 is 1.14 bits per heavy atom. The fourth-order valence-corrected chi connectivity index (χ4v) is 4.45. The van der Waals surface area contributed by atoms with Gasteiger partial charge in [0.25, 0.3) is 0 Å². The maximum atomic E-state index is 13.4. The van der Waals surface area contributed by atoms with Crippen LogP contribution in [0, 0.1) is 5.92 Å². The summed E-state index contributed by atoms with van der Waals surface area (Å²) in [4.78, 5) is 40.6. The number of allylic oxidation sites excluding steroid dienone is 3. The minimum Gasteiger partial charge on any atom is -0.459 e. The SMILES string of the molecule is CCC1CCN(CC(=O)C2=CCCC=C2)C[C@@H]1OC(=O)C(NC(=O)OC(C)(C)C)c1ccccc1. The van der Waals surface area contributed by atoms with E-state index in [4.69, 9.17) is 9.47 Å². The van der Waals surface area contributed by atoms with Gasteiger partial charge in [-0.05, 0) is 64.5 Å². The zero-order valence-corrected chi connectivity index (χ0v) is 21.3. The number of esters is 1. The lowest BCUT2D eigenvalue weighted by Crippen LogP contribution is -2.49. The first-order chi connectivity index (χ1) is 16.7. The molecule has 0 aromatic heterocycles. The number of carbonyl (C=O) groups excluding carboxylic acids is 3. The number of nitrogens with one attached hydrogen (secondary N) is 1. The third-order valence-electron chi connectivity index (χ3n) is 6.29. The van der Waals surface area contributed by atoms with Crippen molar-refractivity contribution in [2.45, 2.75) is 71.1 Å². The standard InChI is InChI=1S/C28H38N2O5/c1-5-20-16-17-30(18-23(31)21-12-8-6-9-13-21)19-24(20)34-26(32)25(22-14-10-7-11-15-22)29-27(33)35-28(2,3)4/h7-8,10-15,20,24-25H,5-6,9,16-19H2,1-4H3,(H,29,33)/t20?,24-,25?/m0/s1. The molecule has 0 bridgehead atoms. The van der Waals surface area contributed by atoms with Gasteiger partial charge in [-0.3, -0.25) is 9.69 Å². The number of alkyl carbamates (subject to hydrolysis) is 1. The Labute approximate surface area is 208 Å². The lowest BCUT2D eigenvalue weighted by atomic mass is 9.90. The summed E-state index contributed by atoms with van der Waals surface area (Å²) in [5, 5.41) is 2.68. The Morgan fingerprint density at radius 2 is 1.89 bits per heavy atom. The Hall–Kier alpha value is -2.93. The van der Waals surface area contributed by atoms with Gasteiger partial charge in [0.05, 0.1) is 6.54 Å². The van der Waals surface area contributed by atoms with Crippen LogP contribution in [-0.2, 0) is 19.1 Å². The summed E-state index contributed by atoms with van der Waals surface area (Å²) in [6.45, 7) is 8.97. The largest absolute Gasteiger partial charge is 0.459 e. The van der Waals surface area contributed by atoms with E-state index in [1.165, 1.54) is 0 Å². The van der Waals surface area contributed by atoms with Crippen LogP contribution in [0.4, 0.5) is 4.79 Å². The molecule has 1 fully saturated rings. The highest BCUT2D eigenvalue weighted by Crippen LogP contribution is 2.26. The van der Waals surface area contributed by atoms with E-state index in [0.717, 1.165) is 37.8 Å². The molecule has 1 saturated heterocycles. The second kappa shape index (κ2) is 12.2. The number of hydrogen-bond donors (Lipinski definition) is 1. The Kier molecular flexibility index (Phi) is 9.26. The number of Topliss-reactive ketones (excluding diaryl/α,β-unsaturated/α-hetero) is 1. The molecule has 7 nitrogen and oxygen atoms in total. The van der Waals surface area contributed by atoms with E-state index in [-0.39, 0.29) is 17.8 Å². The molecular weight excluding hydrogens is 444 g/mol. The van der Waals surface area contributed by atoms with Crippen molar-refractivity contribution in [3.63, 3.8) is 0 Å². The van der Waals surface area contributed by atoms with Crippen LogP contribution < -0.4 is 5.32 Å². The minimum absolute atomic E-state index is 0.0923. The molecule has 2 aliphatic rings. The monoisotopic (exact) mass is 482 g/mol. The minimum atomic E-state index is -0.988. The van der Waals surface area contributed by atoms with E-state index in [0.29, 0.717) is 18.7 Å². The summed E-state index contributed by atoms with van der Waals surface area (Å²) in [6, 6.07) is 8.03. The number of nitrogens with zero attached hydrogens (tertiary/aromatic N) is 1. The number of ether oxygens (including phenoxy) is 2. The van der Waals surface area contributed by atoms with Crippen LogP contribution in [0.5, 0.6) is 0 Å². The number of amides is 1. The van der Waals surface area contributed by atoms with Crippen LogP contribution in [0.15, 0.2) is 54.1 Å². The molecule has 0 spiro atoms. The zero-order chi connectivity index (χ0) is 25.4. The smallest absolute Gasteiger partial charge is 0.408 e. The van der Waals surface area contributed by atoms with Gasteiger partial charge in [-0.2, -0.15) is 0 Å². The van der Waals surface area contributed by atoms with Gasteiger partial charge < -0.3 is 14.8 Å². The maximum absolute atomic E-state index is 13.4. The lowest BCUT2D eigenvalue weighted by Gasteiger charge is -2.38. The van der Waals surface area contributed by atoms with Crippen molar-refractivity contribution >= 4 is 17.8 Å². The van der Waals surface area contributed by atoms with Crippen LogP contribution in [0.3, 0.4) is 0 Å². The number of ketones is 1. The number of piperidine rings is 1. The Bertz CT molecular complexity index is 948. The second-order valence-corrected chi connectivity index (χ2v) is 10.2. The van der Waals surface area contributed by atoms with Gasteiger partial charge in [0.2, 0.25) is 0 Å². The first-order valence-electron chi connectivity index (χ1n) is 12.5. The molecule has 35 heavy (non-hydrogen) atoms. The quantitative estimate of drug-likeness (QED) is 0.539. The van der Waals surface area contributed by atoms with Crippen molar-refractivity contribution < 1.29 is 23.9 Å². The highest BCUT2D eigenvalue weighted by Gasteiger charge is 2.35. The summed E-state index contributed by atoms with van der Waals surface area (Å²) in [7, 11) is 0. The van der Waals surface area contributed by atoms with Crippen molar-refractivity contribution in [2.24, 2.45) is 5.92 Å². The molecule has 0 saturated carbocycles. The van der Waals surface area contributed by atoms with Crippen molar-refractivity contribution in [3.8, 4) is 0 Å². The van der Waals surface area contributed by atoms with Gasteiger partial charge >= 0.3 is 12.1 Å². The molecule has 7 heteroatoms. The third kappa shape index (κ3) is 8.06. The molecule has 3 rings (SSSR count). The number of likely N-dealkylation sites (tertiary alicyclic amines) is 1. The third-order valence-corrected chi connectivity index (χ3v) is 6.29. The summed E-state index contributed by atoms with van der Waals surface area (Å²) < 4.78 is 11.4. The van der Waals surface area contributed by atoms with E-state index < -0.39 is 23.7 Å². The van der Waals surface area contributed by atoms with Crippen molar-refractivity contribution in [1.82, 2.24) is 10.2 Å². The van der Waals surface area contributed by atoms with E-state index >= 15 is 0 Å². The topological polar surface area (TPSA) is 84.9 Å². The molecule has 3 atom stereocenters. The van der Waals surface area contributed by atoms with Gasteiger partial charge in [0, 0.05) is 12.1 Å². The van der Waals surface area contributed by atoms with Crippen LogP contribution in [0.2, 0.25) is 0 Å². The van der Waals surface area contributed by atoms with E-state index in [1.54, 1.807) is 32.9 Å². The lowest BCUT2D eigenvalue weighted by molar-refractivity contribution is -0.158. The zero-order valence-electron chi connectivity index (χ0n) is 21.3. The molecular formula is C28H38N2O5. The van der Waals surface area contributed by atoms with E-state index in [9.17, 15) is 14.4 Å². The number of rotatable bonds is 8. The average Bonchev–Trinajstić information content (AvgIpc) is 2.82. The summed E-state index contributed by atoms with van der Waals surface area (Å²) in [5.41, 5.74) is 0.686. The van der Waals surface area contributed by atoms with Gasteiger partial charge in [-0.1, -0.05) is 55.5 Å². The first-order valence-corrected chi connectivity index (χ1v) is 12.5. The van der Waals surface area contributed by atoms with Crippen LogP contribution in [0.25, 0.3) is 0 Å². The Morgan fingerprint density at radius 3 is 2.51 bits per heavy atom. The molecule has 2 unspecified atom stereocenters. The molecule has 1 heterocycles. The molecule has 0 radical (unpaired) electrons. The van der Waals surface area contributed by atoms with Crippen molar-refractivity contribution in [1.29, 1.82) is 0 Å². The van der Waals surface area contributed by atoms with Crippen molar-refractivity contribution in [3.05, 3.63) is 59.7 Å². The van der Waals surface area contributed by atoms with Gasteiger partial charge in [-0.15, -0.1) is 0 Å². The molecule has 190 valence electrons. The molecule has 1 aliphatic heterocycles. The predicted octanol–water partition coefficient (Wildman–Crippen LogP) is 4.74. The fraction of sp³-hybridized carbons (Fsp3) is 0.536. The van der Waals surface area contributed by atoms with E-state index in [1.807, 2.05) is 36.4 Å². The highest BCUT2D eigenvalue weighted by molar-refractivity contribution is 5.99. The van der Waals surface area contributed by atoms with Crippen LogP contribution in [-0.4, -0.2) is 54.1 Å². The van der Waals surface area contributed by atoms with E-state index in [2.05, 4.69) is 17.1 Å². The van der Waals surface area contributed by atoms with Crippen LogP contribution in [0.1, 0.15) is 65.0 Å². The molecule has 1 aromatic carbocycles. The summed E-state index contributed by atoms with van der Waals surface area (Å²) in [6.07, 6.45) is 8.44. The average molecular weight is 483 g/mol. The fourth-order valence-electron chi connectivity index (χ4n) is 4.45. The highest BCUT2D eigenvalue weighted by atomic mass is 16.6. The van der Waals surface area contributed by atoms with Crippen LogP contribution >= 0.6 is 0 Å². The predicted molar refractivity (Wildman–Crippen MR) is 135 cm³/mol. The number of carbonyl (C=O) groups is 3. The number of benzene rings is 1. The summed E-state index contributed by atoms with van der Waals surface area (Å²) >= 11 is 0. The maximum Gasteiger partial charge on any atom is 0.408 e. The molecule has 1 N–H and O–H groups in total. The second-order valence-electron chi connectivity index (χ2n) is 10.2. The first kappa shape index (κ1) is 26.7. The summed E-state index contributed by atoms with van der Waals surface area (Å²) in [5.74, 6) is -0.247. The van der Waals surface area contributed by atoms with Gasteiger partial charge in [-0.25, -0.2) is 9.59 Å².